The van der Waals surface area contributed by atoms with Gasteiger partial charge in [0.25, 0.3) is 5.91 Å². The maximum absolute atomic E-state index is 12.9. The molecule has 1 saturated carbocycles. The number of aryl methyl sites for hydroxylation is 1. The van der Waals surface area contributed by atoms with Gasteiger partial charge in [-0.05, 0) is 67.5 Å². The molecule has 10 heteroatoms. The number of nitrogen functional groups attached to an aromatic ring is 1. The van der Waals surface area contributed by atoms with E-state index in [1.165, 1.54) is 12.4 Å². The fourth-order valence-corrected chi connectivity index (χ4v) is 5.91. The predicted octanol–water partition coefficient (Wildman–Crippen LogP) is 3.63. The molecule has 6 rings (SSSR count). The van der Waals surface area contributed by atoms with Crippen molar-refractivity contribution >= 4 is 34.5 Å². The van der Waals surface area contributed by atoms with E-state index in [-0.39, 0.29) is 17.9 Å². The average Bonchev–Trinajstić information content (AvgIpc) is 3.61. The molecule has 1 aliphatic carbocycles. The summed E-state index contributed by atoms with van der Waals surface area (Å²) in [6.07, 6.45) is 6.32. The Labute approximate surface area is 219 Å². The summed E-state index contributed by atoms with van der Waals surface area (Å²) in [7, 11) is 0. The molecule has 4 aromatic rings. The summed E-state index contributed by atoms with van der Waals surface area (Å²) < 4.78 is 1.98. The Morgan fingerprint density at radius 2 is 1.89 bits per heavy atom. The molecule has 3 N–H and O–H groups in total. The van der Waals surface area contributed by atoms with Crippen LogP contribution in [0.25, 0.3) is 22.3 Å². The van der Waals surface area contributed by atoms with Gasteiger partial charge >= 0.3 is 0 Å². The zero-order valence-electron chi connectivity index (χ0n) is 21.0. The Kier molecular flexibility index (Phi) is 5.86. The Bertz CT molecular complexity index is 1550. The first-order chi connectivity index (χ1) is 18.4. The number of aromatic nitrogens is 5. The van der Waals surface area contributed by atoms with Crippen LogP contribution in [-0.4, -0.2) is 54.5 Å². The number of fused-ring (bicyclic) bond motifs is 2. The standard InChI is InChI=1S/C28H28N8O2/c1-3-23(37)35-13-18-11-20(12-19(18)14-35)36-27-24(26(29)31-15-32-27)25(34-36)17-7-8-21(16(2)10-17)28(38)33-22-6-4-5-9-30-22/h3-10,15,18-20H,1,11-14H2,2H3,(H2,29,31,32)(H,30,33,38). The first-order valence-electron chi connectivity index (χ1n) is 12.7. The third-order valence-electron chi connectivity index (χ3n) is 7.73. The van der Waals surface area contributed by atoms with Crippen molar-refractivity contribution in [2.45, 2.75) is 25.8 Å². The first kappa shape index (κ1) is 23.8. The van der Waals surface area contributed by atoms with Gasteiger partial charge in [0.2, 0.25) is 5.91 Å². The molecule has 192 valence electrons. The highest BCUT2D eigenvalue weighted by Crippen LogP contribution is 2.45. The van der Waals surface area contributed by atoms with Crippen LogP contribution in [0.5, 0.6) is 0 Å². The monoisotopic (exact) mass is 508 g/mol. The SMILES string of the molecule is C=CC(=O)N1CC2CC(n3nc(-c4ccc(C(=O)Nc5ccccn5)c(C)c4)c4c(N)ncnc43)CC2C1. The lowest BCUT2D eigenvalue weighted by Gasteiger charge is -2.18. The van der Waals surface area contributed by atoms with Gasteiger partial charge in [0, 0.05) is 30.4 Å². The van der Waals surface area contributed by atoms with Gasteiger partial charge in [0.15, 0.2) is 5.65 Å². The van der Waals surface area contributed by atoms with Crippen molar-refractivity contribution in [2.75, 3.05) is 24.1 Å². The number of nitrogens with zero attached hydrogens (tertiary/aromatic N) is 6. The zero-order valence-corrected chi connectivity index (χ0v) is 21.0. The number of amides is 2. The minimum Gasteiger partial charge on any atom is -0.383 e. The highest BCUT2D eigenvalue weighted by atomic mass is 16.2. The number of hydrogen-bond acceptors (Lipinski definition) is 7. The first-order valence-corrected chi connectivity index (χ1v) is 12.7. The van der Waals surface area contributed by atoms with E-state index >= 15 is 0 Å². The fraction of sp³-hybridized carbons (Fsp3) is 0.286. The third-order valence-corrected chi connectivity index (χ3v) is 7.73. The normalized spacial score (nSPS) is 20.4. The van der Waals surface area contributed by atoms with E-state index in [1.54, 1.807) is 24.4 Å². The number of pyridine rings is 1. The van der Waals surface area contributed by atoms with Crippen molar-refractivity contribution in [1.82, 2.24) is 29.6 Å². The fourth-order valence-electron chi connectivity index (χ4n) is 5.91. The van der Waals surface area contributed by atoms with Crippen LogP contribution in [0.4, 0.5) is 11.6 Å². The summed E-state index contributed by atoms with van der Waals surface area (Å²) in [4.78, 5) is 39.8. The topological polar surface area (TPSA) is 132 Å². The lowest BCUT2D eigenvalue weighted by Crippen LogP contribution is -2.28. The minimum atomic E-state index is -0.229. The number of hydrogen-bond donors (Lipinski definition) is 2. The molecule has 0 spiro atoms. The molecule has 3 aromatic heterocycles. The Hall–Kier alpha value is -4.60. The molecule has 0 bridgehead atoms. The molecule has 1 aromatic carbocycles. The summed E-state index contributed by atoms with van der Waals surface area (Å²) in [5.41, 5.74) is 9.92. The molecular weight excluding hydrogens is 480 g/mol. The van der Waals surface area contributed by atoms with E-state index < -0.39 is 0 Å². The van der Waals surface area contributed by atoms with Crippen molar-refractivity contribution < 1.29 is 9.59 Å². The Morgan fingerprint density at radius 3 is 2.58 bits per heavy atom. The van der Waals surface area contributed by atoms with Crippen LogP contribution in [0.1, 0.15) is 34.8 Å². The highest BCUT2D eigenvalue weighted by molar-refractivity contribution is 6.05. The number of carbonyl (C=O) groups is 2. The van der Waals surface area contributed by atoms with Crippen molar-refractivity contribution in [3.63, 3.8) is 0 Å². The maximum atomic E-state index is 12.9. The van der Waals surface area contributed by atoms with E-state index in [1.807, 2.05) is 34.7 Å². The third kappa shape index (κ3) is 4.07. The van der Waals surface area contributed by atoms with E-state index in [0.29, 0.717) is 45.8 Å². The number of carbonyl (C=O) groups excluding carboxylic acids is 2. The summed E-state index contributed by atoms with van der Waals surface area (Å²) in [5, 5.41) is 8.55. The summed E-state index contributed by atoms with van der Waals surface area (Å²) in [6, 6.07) is 11.1. The van der Waals surface area contributed by atoms with Gasteiger partial charge in [-0.1, -0.05) is 18.7 Å². The van der Waals surface area contributed by atoms with Crippen LogP contribution in [0.15, 0.2) is 61.6 Å². The van der Waals surface area contributed by atoms with Gasteiger partial charge in [-0.3, -0.25) is 9.59 Å². The lowest BCUT2D eigenvalue weighted by molar-refractivity contribution is -0.125. The number of benzene rings is 1. The largest absolute Gasteiger partial charge is 0.383 e. The average molecular weight is 509 g/mol. The predicted molar refractivity (Wildman–Crippen MR) is 144 cm³/mol. The molecule has 2 fully saturated rings. The molecule has 1 aliphatic heterocycles. The minimum absolute atomic E-state index is 0.00387. The van der Waals surface area contributed by atoms with Crippen LogP contribution in [0.3, 0.4) is 0 Å². The molecule has 2 amide bonds. The van der Waals surface area contributed by atoms with E-state index in [0.717, 1.165) is 37.1 Å². The van der Waals surface area contributed by atoms with Crippen LogP contribution in [0, 0.1) is 18.8 Å². The molecular formula is C28H28N8O2. The second-order valence-corrected chi connectivity index (χ2v) is 10.0. The number of nitrogens with one attached hydrogen (secondary N) is 1. The van der Waals surface area contributed by atoms with Gasteiger partial charge in [0.05, 0.1) is 11.4 Å². The van der Waals surface area contributed by atoms with E-state index in [9.17, 15) is 9.59 Å². The van der Waals surface area contributed by atoms with E-state index in [2.05, 4.69) is 26.8 Å². The molecule has 10 nitrogen and oxygen atoms in total. The number of likely N-dealkylation sites (tertiary alicyclic amines) is 1. The number of nitrogens with two attached hydrogens (primary N) is 1. The van der Waals surface area contributed by atoms with Gasteiger partial charge in [0.1, 0.15) is 23.7 Å². The number of rotatable bonds is 5. The Balaban J connectivity index is 1.31. The molecule has 2 aliphatic rings. The molecule has 4 heterocycles. The maximum Gasteiger partial charge on any atom is 0.257 e. The second-order valence-electron chi connectivity index (χ2n) is 10.0. The zero-order chi connectivity index (χ0) is 26.4. The van der Waals surface area contributed by atoms with Crippen LogP contribution < -0.4 is 11.1 Å². The molecule has 38 heavy (non-hydrogen) atoms. The second kappa shape index (κ2) is 9.37. The van der Waals surface area contributed by atoms with Crippen molar-refractivity contribution in [3.8, 4) is 11.3 Å². The van der Waals surface area contributed by atoms with Crippen LogP contribution in [-0.2, 0) is 4.79 Å². The van der Waals surface area contributed by atoms with E-state index in [4.69, 9.17) is 10.8 Å². The number of anilines is 2. The molecule has 2 unspecified atom stereocenters. The molecule has 0 radical (unpaired) electrons. The summed E-state index contributed by atoms with van der Waals surface area (Å²) in [6.45, 7) is 7.01. The van der Waals surface area contributed by atoms with Gasteiger partial charge in [-0.2, -0.15) is 5.10 Å². The van der Waals surface area contributed by atoms with Gasteiger partial charge in [-0.25, -0.2) is 19.6 Å². The molecule has 1 saturated heterocycles. The highest BCUT2D eigenvalue weighted by Gasteiger charge is 2.43. The van der Waals surface area contributed by atoms with Gasteiger partial charge < -0.3 is 16.0 Å². The summed E-state index contributed by atoms with van der Waals surface area (Å²) >= 11 is 0. The van der Waals surface area contributed by atoms with Crippen LogP contribution in [0.2, 0.25) is 0 Å². The van der Waals surface area contributed by atoms with Gasteiger partial charge in [-0.15, -0.1) is 0 Å². The smallest absolute Gasteiger partial charge is 0.257 e. The van der Waals surface area contributed by atoms with Crippen molar-refractivity contribution in [1.29, 1.82) is 0 Å². The summed E-state index contributed by atoms with van der Waals surface area (Å²) in [5.74, 6) is 1.47. The van der Waals surface area contributed by atoms with Crippen LogP contribution >= 0.6 is 0 Å². The van der Waals surface area contributed by atoms with Crippen molar-refractivity contribution in [3.05, 3.63) is 72.7 Å². The lowest BCUT2D eigenvalue weighted by atomic mass is 10.0. The Morgan fingerprint density at radius 1 is 1.11 bits per heavy atom. The molecule has 2 atom stereocenters. The van der Waals surface area contributed by atoms with Crippen molar-refractivity contribution in [2.24, 2.45) is 11.8 Å². The quantitative estimate of drug-likeness (QED) is 0.394.